The molecule has 1 unspecified atom stereocenters. The Morgan fingerprint density at radius 3 is 2.29 bits per heavy atom. The Morgan fingerprint density at radius 2 is 1.61 bits per heavy atom. The van der Waals surface area contributed by atoms with Crippen molar-refractivity contribution in [3.8, 4) is 0 Å². The summed E-state index contributed by atoms with van der Waals surface area (Å²) in [6, 6.07) is 19.7. The van der Waals surface area contributed by atoms with Crippen LogP contribution in [0, 0.1) is 5.92 Å². The van der Waals surface area contributed by atoms with Crippen LogP contribution in [0.25, 0.3) is 0 Å². The topological polar surface area (TPSA) is 49.9 Å². The first kappa shape index (κ1) is 18.7. The number of piperidine rings is 1. The van der Waals surface area contributed by atoms with Gasteiger partial charge < -0.3 is 14.5 Å². The van der Waals surface area contributed by atoms with Crippen LogP contribution in [0.3, 0.4) is 0 Å². The van der Waals surface area contributed by atoms with E-state index >= 15 is 0 Å². The van der Waals surface area contributed by atoms with E-state index in [1.807, 2.05) is 53.4 Å². The van der Waals surface area contributed by atoms with Crippen molar-refractivity contribution in [3.63, 3.8) is 0 Å². The molecule has 2 aromatic carbocycles. The highest BCUT2D eigenvalue weighted by atomic mass is 16.5. The summed E-state index contributed by atoms with van der Waals surface area (Å²) in [7, 11) is 0. The molecule has 4 rings (SSSR count). The number of nitrogens with zero attached hydrogens (tertiary/aromatic N) is 2. The average molecular weight is 378 g/mol. The summed E-state index contributed by atoms with van der Waals surface area (Å²) in [6.07, 6.45) is 2.19. The molecular weight excluding hydrogens is 352 g/mol. The standard InChI is InChI=1S/C23H26N2O3/c26-22-15-19(16-25(22)20-9-5-2-6-10-20)23(27)24-13-11-21(12-14-24)28-17-18-7-3-1-4-8-18/h1-10,19,21H,11-17H2. The van der Waals surface area contributed by atoms with Gasteiger partial charge in [0.2, 0.25) is 11.8 Å². The van der Waals surface area contributed by atoms with Crippen molar-refractivity contribution in [2.75, 3.05) is 24.5 Å². The zero-order valence-corrected chi connectivity index (χ0v) is 16.0. The molecule has 2 aromatic rings. The minimum Gasteiger partial charge on any atom is -0.373 e. The van der Waals surface area contributed by atoms with E-state index < -0.39 is 0 Å². The van der Waals surface area contributed by atoms with Gasteiger partial charge >= 0.3 is 0 Å². The first-order valence-corrected chi connectivity index (χ1v) is 10.0. The molecule has 0 bridgehead atoms. The highest BCUT2D eigenvalue weighted by Crippen LogP contribution is 2.27. The Kier molecular flexibility index (Phi) is 5.72. The minimum atomic E-state index is -0.241. The van der Waals surface area contributed by atoms with Gasteiger partial charge in [0, 0.05) is 31.7 Å². The lowest BCUT2D eigenvalue weighted by molar-refractivity contribution is -0.138. The fraction of sp³-hybridized carbons (Fsp3) is 0.391. The van der Waals surface area contributed by atoms with Crippen molar-refractivity contribution >= 4 is 17.5 Å². The number of rotatable bonds is 5. The van der Waals surface area contributed by atoms with Crippen LogP contribution in [0.5, 0.6) is 0 Å². The third-order valence-electron chi connectivity index (χ3n) is 5.62. The Balaban J connectivity index is 1.27. The lowest BCUT2D eigenvalue weighted by atomic mass is 10.0. The summed E-state index contributed by atoms with van der Waals surface area (Å²) in [5.41, 5.74) is 2.04. The SMILES string of the molecule is O=C(C1CC(=O)N(c2ccccc2)C1)N1CCC(OCc2ccccc2)CC1. The molecule has 1 atom stereocenters. The number of para-hydroxylation sites is 1. The van der Waals surface area contributed by atoms with Gasteiger partial charge in [0.1, 0.15) is 0 Å². The predicted molar refractivity (Wildman–Crippen MR) is 108 cm³/mol. The second-order valence-corrected chi connectivity index (χ2v) is 7.56. The van der Waals surface area contributed by atoms with Crippen molar-refractivity contribution in [1.29, 1.82) is 0 Å². The van der Waals surface area contributed by atoms with Gasteiger partial charge in [-0.15, -0.1) is 0 Å². The second kappa shape index (κ2) is 8.57. The van der Waals surface area contributed by atoms with Crippen LogP contribution in [0.2, 0.25) is 0 Å². The van der Waals surface area contributed by atoms with Crippen LogP contribution in [0.15, 0.2) is 60.7 Å². The molecule has 2 amide bonds. The van der Waals surface area contributed by atoms with Crippen molar-refractivity contribution in [2.24, 2.45) is 5.92 Å². The number of ether oxygens (including phenoxy) is 1. The monoisotopic (exact) mass is 378 g/mol. The molecule has 2 aliphatic heterocycles. The van der Waals surface area contributed by atoms with Gasteiger partial charge in [0.25, 0.3) is 0 Å². The molecule has 2 saturated heterocycles. The van der Waals surface area contributed by atoms with Gasteiger partial charge in [-0.05, 0) is 30.5 Å². The second-order valence-electron chi connectivity index (χ2n) is 7.56. The van der Waals surface area contributed by atoms with Gasteiger partial charge in [0.05, 0.1) is 18.6 Å². The quantitative estimate of drug-likeness (QED) is 0.803. The average Bonchev–Trinajstić information content (AvgIpc) is 3.15. The fourth-order valence-electron chi connectivity index (χ4n) is 4.02. The molecule has 28 heavy (non-hydrogen) atoms. The van der Waals surface area contributed by atoms with Crippen molar-refractivity contribution < 1.29 is 14.3 Å². The van der Waals surface area contributed by atoms with Gasteiger partial charge in [-0.1, -0.05) is 48.5 Å². The van der Waals surface area contributed by atoms with E-state index in [0.29, 0.717) is 32.7 Å². The van der Waals surface area contributed by atoms with Gasteiger partial charge in [0.15, 0.2) is 0 Å². The van der Waals surface area contributed by atoms with Crippen LogP contribution < -0.4 is 4.90 Å². The zero-order valence-electron chi connectivity index (χ0n) is 16.0. The van der Waals surface area contributed by atoms with E-state index in [4.69, 9.17) is 4.74 Å². The number of carbonyl (C=O) groups excluding carboxylic acids is 2. The molecule has 0 aliphatic carbocycles. The Labute approximate surface area is 165 Å². The fourth-order valence-corrected chi connectivity index (χ4v) is 4.02. The summed E-state index contributed by atoms with van der Waals surface area (Å²) >= 11 is 0. The summed E-state index contributed by atoms with van der Waals surface area (Å²) in [6.45, 7) is 2.50. The molecular formula is C23H26N2O3. The number of benzene rings is 2. The number of carbonyl (C=O) groups is 2. The largest absolute Gasteiger partial charge is 0.373 e. The van der Waals surface area contributed by atoms with E-state index in [1.165, 1.54) is 5.56 Å². The number of amides is 2. The Bertz CT molecular complexity index is 801. The lowest BCUT2D eigenvalue weighted by Gasteiger charge is -2.33. The molecule has 2 fully saturated rings. The van der Waals surface area contributed by atoms with E-state index in [2.05, 4.69) is 12.1 Å². The molecule has 5 heteroatoms. The van der Waals surface area contributed by atoms with Crippen molar-refractivity contribution in [1.82, 2.24) is 4.90 Å². The summed E-state index contributed by atoms with van der Waals surface area (Å²) in [5, 5.41) is 0. The summed E-state index contributed by atoms with van der Waals surface area (Å²) in [4.78, 5) is 28.9. The van der Waals surface area contributed by atoms with Crippen molar-refractivity contribution in [2.45, 2.75) is 32.0 Å². The lowest BCUT2D eigenvalue weighted by Crippen LogP contribution is -2.44. The van der Waals surface area contributed by atoms with Crippen LogP contribution >= 0.6 is 0 Å². The van der Waals surface area contributed by atoms with Crippen molar-refractivity contribution in [3.05, 3.63) is 66.2 Å². The molecule has 0 N–H and O–H groups in total. The number of likely N-dealkylation sites (tertiary alicyclic amines) is 1. The Morgan fingerprint density at radius 1 is 0.964 bits per heavy atom. The highest BCUT2D eigenvalue weighted by Gasteiger charge is 2.38. The van der Waals surface area contributed by atoms with Crippen LogP contribution in [-0.2, 0) is 20.9 Å². The maximum Gasteiger partial charge on any atom is 0.228 e. The van der Waals surface area contributed by atoms with Crippen LogP contribution in [-0.4, -0.2) is 42.5 Å². The van der Waals surface area contributed by atoms with Crippen LogP contribution in [0.4, 0.5) is 5.69 Å². The normalized spacial score (nSPS) is 20.6. The molecule has 146 valence electrons. The maximum atomic E-state index is 12.9. The van der Waals surface area contributed by atoms with Gasteiger partial charge in [-0.3, -0.25) is 9.59 Å². The van der Waals surface area contributed by atoms with Crippen LogP contribution in [0.1, 0.15) is 24.8 Å². The molecule has 0 radical (unpaired) electrons. The third kappa shape index (κ3) is 4.25. The third-order valence-corrected chi connectivity index (χ3v) is 5.62. The first-order valence-electron chi connectivity index (χ1n) is 10.0. The molecule has 2 aliphatic rings. The van der Waals surface area contributed by atoms with E-state index in [0.717, 1.165) is 18.5 Å². The molecule has 5 nitrogen and oxygen atoms in total. The van der Waals surface area contributed by atoms with Gasteiger partial charge in [-0.2, -0.15) is 0 Å². The number of hydrogen-bond acceptors (Lipinski definition) is 3. The Hall–Kier alpha value is -2.66. The molecule has 0 spiro atoms. The van der Waals surface area contributed by atoms with Gasteiger partial charge in [-0.25, -0.2) is 0 Å². The van der Waals surface area contributed by atoms with E-state index in [1.54, 1.807) is 4.90 Å². The number of hydrogen-bond donors (Lipinski definition) is 0. The molecule has 0 aromatic heterocycles. The molecule has 2 heterocycles. The zero-order chi connectivity index (χ0) is 19.3. The summed E-state index contributed by atoms with van der Waals surface area (Å²) in [5.74, 6) is -0.103. The number of anilines is 1. The van der Waals surface area contributed by atoms with E-state index in [9.17, 15) is 9.59 Å². The molecule has 0 saturated carbocycles. The predicted octanol–water partition coefficient (Wildman–Crippen LogP) is 3.25. The smallest absolute Gasteiger partial charge is 0.228 e. The first-order chi connectivity index (χ1) is 13.7. The van der Waals surface area contributed by atoms with E-state index in [-0.39, 0.29) is 23.8 Å². The highest BCUT2D eigenvalue weighted by molar-refractivity contribution is 6.00. The minimum absolute atomic E-state index is 0.0330. The maximum absolute atomic E-state index is 12.9. The summed E-state index contributed by atoms with van der Waals surface area (Å²) < 4.78 is 6.01.